The fourth-order valence-corrected chi connectivity index (χ4v) is 2.23. The van der Waals surface area contributed by atoms with Gasteiger partial charge in [-0.1, -0.05) is 6.92 Å². The summed E-state index contributed by atoms with van der Waals surface area (Å²) in [4.78, 5) is 19.8. The molecular formula is C11H11N9O2. The van der Waals surface area contributed by atoms with Crippen LogP contribution in [0.15, 0.2) is 12.5 Å². The third-order valence-electron chi connectivity index (χ3n) is 3.25. The Balaban J connectivity index is 1.88. The number of anilines is 2. The second-order valence-corrected chi connectivity index (χ2v) is 4.59. The first-order chi connectivity index (χ1) is 10.7. The second kappa shape index (κ2) is 4.31. The van der Waals surface area contributed by atoms with Crippen molar-refractivity contribution in [1.29, 1.82) is 0 Å². The van der Waals surface area contributed by atoms with Crippen LogP contribution in [0.25, 0.3) is 11.3 Å². The molecule has 0 aliphatic rings. The van der Waals surface area contributed by atoms with E-state index < -0.39 is 5.97 Å². The van der Waals surface area contributed by atoms with Crippen LogP contribution in [-0.4, -0.2) is 50.7 Å². The Hall–Kier alpha value is -3.37. The number of aryl methyl sites for hydroxylation is 1. The van der Waals surface area contributed by atoms with Gasteiger partial charge in [-0.15, -0.1) is 10.2 Å². The minimum Gasteiger partial charge on any atom is -0.476 e. The number of aromatic carboxylic acids is 1. The number of nitrogens with zero attached hydrogens (tertiary/aromatic N) is 6. The summed E-state index contributed by atoms with van der Waals surface area (Å²) in [6.07, 6.45) is 3.69. The summed E-state index contributed by atoms with van der Waals surface area (Å²) in [6, 6.07) is 0. The number of carbonyl (C=O) groups is 1. The fraction of sp³-hybridized carbons (Fsp3) is 0.182. The molecule has 0 atom stereocenters. The Morgan fingerprint density at radius 1 is 1.41 bits per heavy atom. The highest BCUT2D eigenvalue weighted by atomic mass is 16.4. The van der Waals surface area contributed by atoms with Crippen molar-refractivity contribution in [3.05, 3.63) is 24.0 Å². The number of aromatic nitrogens is 8. The van der Waals surface area contributed by atoms with Crippen molar-refractivity contribution in [2.24, 2.45) is 0 Å². The number of fused-ring (bicyclic) bond motifs is 2. The van der Waals surface area contributed by atoms with Crippen LogP contribution in [0.4, 0.5) is 11.4 Å². The summed E-state index contributed by atoms with van der Waals surface area (Å²) >= 11 is 0. The molecule has 0 fully saturated rings. The molecule has 4 aromatic rings. The molecule has 4 rings (SSSR count). The van der Waals surface area contributed by atoms with Gasteiger partial charge in [0.05, 0.1) is 0 Å². The van der Waals surface area contributed by atoms with Gasteiger partial charge in [0.25, 0.3) is 0 Å². The average Bonchev–Trinajstić information content (AvgIpc) is 3.21. The van der Waals surface area contributed by atoms with E-state index in [4.69, 9.17) is 0 Å². The summed E-state index contributed by atoms with van der Waals surface area (Å²) in [5.74, 6) is -0.492. The molecular weight excluding hydrogens is 290 g/mol. The van der Waals surface area contributed by atoms with E-state index in [1.54, 1.807) is 6.20 Å². The third kappa shape index (κ3) is 1.65. The lowest BCUT2D eigenvalue weighted by molar-refractivity contribution is 0.0691. The molecule has 0 spiro atoms. The lowest BCUT2D eigenvalue weighted by atomic mass is 10.3. The predicted molar refractivity (Wildman–Crippen MR) is 74.3 cm³/mol. The normalized spacial score (nSPS) is 11.5. The van der Waals surface area contributed by atoms with Gasteiger partial charge in [-0.2, -0.15) is 9.26 Å². The van der Waals surface area contributed by atoms with Gasteiger partial charge in [-0.05, 0) is 0 Å². The van der Waals surface area contributed by atoms with E-state index in [1.807, 2.05) is 6.92 Å². The number of carboxylic acids is 1. The van der Waals surface area contributed by atoms with Crippen molar-refractivity contribution < 1.29 is 9.90 Å². The standard InChI is InChI=1S/C11H11N9O2/c1-2-6-16-10-7(8(11(21)22)18-20(10)17-6)15-5-3-13-19-9(5)12-4-14-19/h3-4,13,15,18H,2H2,1H3,(H,21,22). The van der Waals surface area contributed by atoms with Gasteiger partial charge < -0.3 is 10.4 Å². The second-order valence-electron chi connectivity index (χ2n) is 4.59. The SMILES string of the molecule is CCc1nc2c(Nc3c[nH]n4ncnc34)c(C(=O)O)[nH]n2n1. The van der Waals surface area contributed by atoms with Crippen LogP contribution in [0.3, 0.4) is 0 Å². The van der Waals surface area contributed by atoms with Crippen LogP contribution in [0.1, 0.15) is 23.2 Å². The number of aromatic amines is 2. The largest absolute Gasteiger partial charge is 0.476 e. The molecule has 0 saturated heterocycles. The first-order valence-corrected chi connectivity index (χ1v) is 6.52. The molecule has 0 radical (unpaired) electrons. The molecule has 4 heterocycles. The van der Waals surface area contributed by atoms with Crippen molar-refractivity contribution >= 4 is 28.6 Å². The number of hydrogen-bond donors (Lipinski definition) is 4. The minimum absolute atomic E-state index is 0.0310. The molecule has 0 aliphatic carbocycles. The van der Waals surface area contributed by atoms with E-state index in [0.717, 1.165) is 0 Å². The van der Waals surface area contributed by atoms with Gasteiger partial charge in [-0.25, -0.2) is 14.8 Å². The number of rotatable bonds is 4. The van der Waals surface area contributed by atoms with E-state index in [-0.39, 0.29) is 5.69 Å². The summed E-state index contributed by atoms with van der Waals surface area (Å²) in [7, 11) is 0. The highest BCUT2D eigenvalue weighted by molar-refractivity contribution is 5.98. The molecule has 4 aromatic heterocycles. The van der Waals surface area contributed by atoms with Gasteiger partial charge in [0.2, 0.25) is 0 Å². The van der Waals surface area contributed by atoms with Crippen molar-refractivity contribution in [2.75, 3.05) is 5.32 Å². The Kier molecular flexibility index (Phi) is 2.43. The van der Waals surface area contributed by atoms with Crippen molar-refractivity contribution in [3.8, 4) is 0 Å². The molecule has 0 aromatic carbocycles. The lowest BCUT2D eigenvalue weighted by Gasteiger charge is -2.01. The van der Waals surface area contributed by atoms with E-state index in [9.17, 15) is 9.90 Å². The van der Waals surface area contributed by atoms with Crippen molar-refractivity contribution in [2.45, 2.75) is 13.3 Å². The van der Waals surface area contributed by atoms with Crippen LogP contribution in [0.2, 0.25) is 0 Å². The molecule has 0 saturated carbocycles. The number of hydrogen-bond acceptors (Lipinski definition) is 6. The maximum atomic E-state index is 11.4. The summed E-state index contributed by atoms with van der Waals surface area (Å²) < 4.78 is 2.81. The first-order valence-electron chi connectivity index (χ1n) is 6.52. The zero-order valence-corrected chi connectivity index (χ0v) is 11.4. The van der Waals surface area contributed by atoms with Gasteiger partial charge in [0.15, 0.2) is 22.8 Å². The zero-order valence-electron chi connectivity index (χ0n) is 11.4. The number of carboxylic acid groups (broad SMARTS) is 1. The zero-order chi connectivity index (χ0) is 15.3. The van der Waals surface area contributed by atoms with E-state index in [0.29, 0.717) is 34.9 Å². The summed E-state index contributed by atoms with van der Waals surface area (Å²) in [5, 5.41) is 26.1. The maximum Gasteiger partial charge on any atom is 0.356 e. The molecule has 0 unspecified atom stereocenters. The van der Waals surface area contributed by atoms with Crippen LogP contribution in [0.5, 0.6) is 0 Å². The maximum absolute atomic E-state index is 11.4. The molecule has 112 valence electrons. The average molecular weight is 301 g/mol. The Morgan fingerprint density at radius 3 is 3.05 bits per heavy atom. The minimum atomic E-state index is -1.11. The van der Waals surface area contributed by atoms with Gasteiger partial charge in [-0.3, -0.25) is 10.2 Å². The van der Waals surface area contributed by atoms with Crippen molar-refractivity contribution in [3.63, 3.8) is 0 Å². The van der Waals surface area contributed by atoms with Crippen LogP contribution in [-0.2, 0) is 6.42 Å². The molecule has 4 N–H and O–H groups in total. The Morgan fingerprint density at radius 2 is 2.27 bits per heavy atom. The summed E-state index contributed by atoms with van der Waals surface area (Å²) in [6.45, 7) is 1.92. The topological polar surface area (TPSA) is 141 Å². The number of H-pyrrole nitrogens is 2. The first kappa shape index (κ1) is 12.4. The van der Waals surface area contributed by atoms with Crippen LogP contribution >= 0.6 is 0 Å². The quantitative estimate of drug-likeness (QED) is 0.428. The molecule has 0 amide bonds. The van der Waals surface area contributed by atoms with Crippen LogP contribution < -0.4 is 5.32 Å². The lowest BCUT2D eigenvalue weighted by Crippen LogP contribution is -2.03. The summed E-state index contributed by atoms with van der Waals surface area (Å²) in [5.41, 5.74) is 1.84. The Labute approximate surface area is 121 Å². The van der Waals surface area contributed by atoms with Gasteiger partial charge in [0.1, 0.15) is 17.7 Å². The molecule has 0 aliphatic heterocycles. The van der Waals surface area contributed by atoms with Gasteiger partial charge in [0, 0.05) is 12.6 Å². The highest BCUT2D eigenvalue weighted by Crippen LogP contribution is 2.26. The number of nitrogens with one attached hydrogen (secondary N) is 3. The Bertz CT molecular complexity index is 988. The van der Waals surface area contributed by atoms with Gasteiger partial charge >= 0.3 is 5.97 Å². The fourth-order valence-electron chi connectivity index (χ4n) is 2.23. The molecule has 0 bridgehead atoms. The highest BCUT2D eigenvalue weighted by Gasteiger charge is 2.22. The van der Waals surface area contributed by atoms with Crippen LogP contribution in [0, 0.1) is 0 Å². The monoisotopic (exact) mass is 301 g/mol. The molecule has 11 nitrogen and oxygen atoms in total. The molecule has 11 heteroatoms. The van der Waals surface area contributed by atoms with E-state index in [2.05, 4.69) is 35.7 Å². The third-order valence-corrected chi connectivity index (χ3v) is 3.25. The van der Waals surface area contributed by atoms with Crippen molar-refractivity contribution in [1.82, 2.24) is 39.6 Å². The predicted octanol–water partition coefficient (Wildman–Crippen LogP) is 0.432. The smallest absolute Gasteiger partial charge is 0.356 e. The van der Waals surface area contributed by atoms with E-state index in [1.165, 1.54) is 15.6 Å². The van der Waals surface area contributed by atoms with E-state index >= 15 is 0 Å². The molecule has 22 heavy (non-hydrogen) atoms.